The van der Waals surface area contributed by atoms with Crippen molar-refractivity contribution in [2.75, 3.05) is 7.11 Å². The first-order valence-electron chi connectivity index (χ1n) is 6.44. The third-order valence-electron chi connectivity index (χ3n) is 3.03. The number of carbonyl (C=O) groups is 1. The van der Waals surface area contributed by atoms with Gasteiger partial charge in [-0.3, -0.25) is 0 Å². The second-order valence-corrected chi connectivity index (χ2v) is 4.53. The minimum absolute atomic E-state index is 0.0820. The summed E-state index contributed by atoms with van der Waals surface area (Å²) in [5.74, 6) is -0.147. The summed E-state index contributed by atoms with van der Waals surface area (Å²) in [6.07, 6.45) is 1.39. The highest BCUT2D eigenvalue weighted by molar-refractivity contribution is 5.86. The molecule has 0 saturated carbocycles. The molecule has 106 valence electrons. The molecule has 0 fully saturated rings. The molecule has 0 radical (unpaired) electrons. The van der Waals surface area contributed by atoms with Crippen LogP contribution in [0, 0.1) is 6.92 Å². The molecule has 1 heterocycles. The molecule has 0 saturated heterocycles. The van der Waals surface area contributed by atoms with E-state index in [1.54, 1.807) is 13.2 Å². The van der Waals surface area contributed by atoms with Gasteiger partial charge in [0.25, 0.3) is 0 Å². The normalized spacial score (nSPS) is 10.6. The maximum Gasteiger partial charge on any atom is 0.373 e. The summed E-state index contributed by atoms with van der Waals surface area (Å²) < 4.78 is 10.6. The molecular formula is C15H17NO4. The molecule has 2 rings (SSSR count). The standard InChI is InChI=1S/C15H17NO4/c1-4-5-11-13(15(17)18)20-14(16-11)10-7-6-9(2)12(8-10)19-3/h6-8H,4-5H2,1-3H3,(H,17,18). The Bertz CT molecular complexity index is 631. The Morgan fingerprint density at radius 2 is 2.20 bits per heavy atom. The number of aryl methyl sites for hydroxylation is 2. The third kappa shape index (κ3) is 2.66. The predicted molar refractivity (Wildman–Crippen MR) is 74.2 cm³/mol. The highest BCUT2D eigenvalue weighted by Crippen LogP contribution is 2.28. The molecule has 0 unspecified atom stereocenters. The van der Waals surface area contributed by atoms with Crippen molar-refractivity contribution in [2.24, 2.45) is 0 Å². The van der Waals surface area contributed by atoms with Gasteiger partial charge in [-0.25, -0.2) is 9.78 Å². The lowest BCUT2D eigenvalue weighted by Gasteiger charge is -2.05. The summed E-state index contributed by atoms with van der Waals surface area (Å²) in [6, 6.07) is 5.52. The van der Waals surface area contributed by atoms with Gasteiger partial charge in [-0.2, -0.15) is 0 Å². The largest absolute Gasteiger partial charge is 0.496 e. The molecule has 5 heteroatoms. The van der Waals surface area contributed by atoms with Crippen LogP contribution >= 0.6 is 0 Å². The van der Waals surface area contributed by atoms with Crippen LogP contribution in [0.3, 0.4) is 0 Å². The molecule has 0 atom stereocenters. The Kier molecular flexibility index (Phi) is 4.08. The predicted octanol–water partition coefficient (Wildman–Crippen LogP) is 3.31. The maximum atomic E-state index is 11.2. The van der Waals surface area contributed by atoms with Gasteiger partial charge in [0.05, 0.1) is 12.8 Å². The summed E-state index contributed by atoms with van der Waals surface area (Å²) in [4.78, 5) is 15.5. The Hall–Kier alpha value is -2.30. The van der Waals surface area contributed by atoms with Crippen LogP contribution in [0.25, 0.3) is 11.5 Å². The van der Waals surface area contributed by atoms with Gasteiger partial charge in [0.1, 0.15) is 5.75 Å². The Balaban J connectivity index is 2.47. The number of oxazole rings is 1. The first-order chi connectivity index (χ1) is 9.56. The lowest BCUT2D eigenvalue weighted by atomic mass is 10.1. The molecule has 2 aromatic rings. The number of aromatic carboxylic acids is 1. The van der Waals surface area contributed by atoms with Crippen molar-refractivity contribution in [3.8, 4) is 17.2 Å². The van der Waals surface area contributed by atoms with Crippen molar-refractivity contribution in [1.29, 1.82) is 0 Å². The fraction of sp³-hybridized carbons (Fsp3) is 0.333. The number of hydrogen-bond donors (Lipinski definition) is 1. The van der Waals surface area contributed by atoms with E-state index in [1.165, 1.54) is 0 Å². The molecule has 0 amide bonds. The maximum absolute atomic E-state index is 11.2. The van der Waals surface area contributed by atoms with Gasteiger partial charge < -0.3 is 14.3 Å². The molecular weight excluding hydrogens is 258 g/mol. The molecule has 1 aromatic heterocycles. The molecule has 0 aliphatic heterocycles. The van der Waals surface area contributed by atoms with Crippen molar-refractivity contribution < 1.29 is 19.1 Å². The molecule has 1 N–H and O–H groups in total. The molecule has 1 aromatic carbocycles. The monoisotopic (exact) mass is 275 g/mol. The molecule has 0 aliphatic carbocycles. The number of carboxylic acid groups (broad SMARTS) is 1. The van der Waals surface area contributed by atoms with Crippen LogP contribution in [0.5, 0.6) is 5.75 Å². The van der Waals surface area contributed by atoms with Crippen molar-refractivity contribution in [2.45, 2.75) is 26.7 Å². The van der Waals surface area contributed by atoms with E-state index in [2.05, 4.69) is 4.98 Å². The zero-order valence-corrected chi connectivity index (χ0v) is 11.8. The molecule has 0 bridgehead atoms. The molecule has 0 aliphatic rings. The molecule has 0 spiro atoms. The summed E-state index contributed by atoms with van der Waals surface area (Å²) >= 11 is 0. The van der Waals surface area contributed by atoms with Gasteiger partial charge in [-0.15, -0.1) is 0 Å². The van der Waals surface area contributed by atoms with Gasteiger partial charge in [-0.05, 0) is 31.0 Å². The third-order valence-corrected chi connectivity index (χ3v) is 3.03. The average Bonchev–Trinajstić information content (AvgIpc) is 2.84. The van der Waals surface area contributed by atoms with Crippen LogP contribution in [-0.2, 0) is 6.42 Å². The molecule has 5 nitrogen and oxygen atoms in total. The van der Waals surface area contributed by atoms with Crippen LogP contribution < -0.4 is 4.74 Å². The van der Waals surface area contributed by atoms with Gasteiger partial charge in [0, 0.05) is 5.56 Å². The van der Waals surface area contributed by atoms with Gasteiger partial charge in [-0.1, -0.05) is 19.4 Å². The summed E-state index contributed by atoms with van der Waals surface area (Å²) in [7, 11) is 1.59. The Morgan fingerprint density at radius 3 is 2.80 bits per heavy atom. The van der Waals surface area contributed by atoms with Crippen LogP contribution in [0.1, 0.15) is 35.2 Å². The zero-order chi connectivity index (χ0) is 14.7. The number of methoxy groups -OCH3 is 1. The number of hydrogen-bond acceptors (Lipinski definition) is 4. The van der Waals surface area contributed by atoms with Crippen LogP contribution in [0.4, 0.5) is 0 Å². The lowest BCUT2D eigenvalue weighted by Crippen LogP contribution is -1.99. The van der Waals surface area contributed by atoms with Crippen LogP contribution in [-0.4, -0.2) is 23.2 Å². The SMILES string of the molecule is CCCc1nc(-c2ccc(C)c(OC)c2)oc1C(=O)O. The van der Waals surface area contributed by atoms with Crippen LogP contribution in [0.2, 0.25) is 0 Å². The highest BCUT2D eigenvalue weighted by atomic mass is 16.5. The van der Waals surface area contributed by atoms with Crippen LogP contribution in [0.15, 0.2) is 22.6 Å². The Labute approximate surface area is 117 Å². The second-order valence-electron chi connectivity index (χ2n) is 4.53. The number of carboxylic acids is 1. The van der Waals surface area contributed by atoms with E-state index in [4.69, 9.17) is 14.3 Å². The number of rotatable bonds is 5. The minimum atomic E-state index is -1.09. The van der Waals surface area contributed by atoms with Crippen molar-refractivity contribution in [1.82, 2.24) is 4.98 Å². The topological polar surface area (TPSA) is 72.6 Å². The quantitative estimate of drug-likeness (QED) is 0.906. The number of benzene rings is 1. The summed E-state index contributed by atoms with van der Waals surface area (Å²) in [5.41, 5.74) is 2.18. The lowest BCUT2D eigenvalue weighted by molar-refractivity contribution is 0.0661. The van der Waals surface area contributed by atoms with E-state index in [0.717, 1.165) is 17.7 Å². The number of nitrogens with zero attached hydrogens (tertiary/aromatic N) is 1. The fourth-order valence-corrected chi connectivity index (χ4v) is 2.00. The Morgan fingerprint density at radius 1 is 1.45 bits per heavy atom. The van der Waals surface area contributed by atoms with E-state index < -0.39 is 5.97 Å². The fourth-order valence-electron chi connectivity index (χ4n) is 2.00. The van der Waals surface area contributed by atoms with E-state index in [1.807, 2.05) is 26.0 Å². The highest BCUT2D eigenvalue weighted by Gasteiger charge is 2.20. The van der Waals surface area contributed by atoms with E-state index in [9.17, 15) is 4.79 Å². The van der Waals surface area contributed by atoms with Crippen molar-refractivity contribution in [3.63, 3.8) is 0 Å². The first-order valence-corrected chi connectivity index (χ1v) is 6.44. The number of ether oxygens (including phenoxy) is 1. The van der Waals surface area contributed by atoms with Crippen molar-refractivity contribution >= 4 is 5.97 Å². The van der Waals surface area contributed by atoms with E-state index >= 15 is 0 Å². The zero-order valence-electron chi connectivity index (χ0n) is 11.8. The van der Waals surface area contributed by atoms with E-state index in [-0.39, 0.29) is 5.76 Å². The average molecular weight is 275 g/mol. The van der Waals surface area contributed by atoms with Gasteiger partial charge >= 0.3 is 5.97 Å². The van der Waals surface area contributed by atoms with Gasteiger partial charge in [0.2, 0.25) is 11.7 Å². The first kappa shape index (κ1) is 14.1. The second kappa shape index (κ2) is 5.77. The minimum Gasteiger partial charge on any atom is -0.496 e. The van der Waals surface area contributed by atoms with Crippen molar-refractivity contribution in [3.05, 3.63) is 35.2 Å². The smallest absolute Gasteiger partial charge is 0.373 e. The summed E-state index contributed by atoms with van der Waals surface area (Å²) in [6.45, 7) is 3.90. The number of aromatic nitrogens is 1. The van der Waals surface area contributed by atoms with E-state index in [0.29, 0.717) is 23.6 Å². The van der Waals surface area contributed by atoms with Gasteiger partial charge in [0.15, 0.2) is 0 Å². The molecule has 20 heavy (non-hydrogen) atoms. The summed E-state index contributed by atoms with van der Waals surface area (Å²) in [5, 5.41) is 9.14.